The van der Waals surface area contributed by atoms with Crippen LogP contribution in [0.15, 0.2) is 29.4 Å². The Bertz CT molecular complexity index is 791. The molecule has 11 heteroatoms. The molecule has 10 nitrogen and oxygen atoms in total. The number of ketones is 1. The van der Waals surface area contributed by atoms with Crippen LogP contribution in [0.5, 0.6) is 0 Å². The monoisotopic (exact) mass is 394 g/mol. The molecule has 1 atom stereocenters. The number of hydrogen-bond donors (Lipinski definition) is 3. The summed E-state index contributed by atoms with van der Waals surface area (Å²) >= 11 is 4.56. The van der Waals surface area contributed by atoms with Crippen molar-refractivity contribution in [2.24, 2.45) is 16.8 Å². The molecule has 144 valence electrons. The first kappa shape index (κ1) is 21.7. The zero-order chi connectivity index (χ0) is 20.6. The maximum atomic E-state index is 12.5. The summed E-state index contributed by atoms with van der Waals surface area (Å²) in [5.74, 6) is -6.74. The second kappa shape index (κ2) is 9.97. The van der Waals surface area contributed by atoms with Crippen LogP contribution in [0.3, 0.4) is 0 Å². The number of thiocarbonyl (C=S) groups is 1. The number of hydrazone groups is 1. The Labute approximate surface area is 160 Å². The molecule has 1 aromatic rings. The zero-order valence-electron chi connectivity index (χ0n) is 14.8. The summed E-state index contributed by atoms with van der Waals surface area (Å²) in [4.78, 5) is 48.8. The molecule has 0 fully saturated rings. The number of hydrogen-bond acceptors (Lipinski definition) is 8. The van der Waals surface area contributed by atoms with Gasteiger partial charge in [-0.25, -0.2) is 4.79 Å². The Kier molecular flexibility index (Phi) is 8.01. The number of benzene rings is 1. The van der Waals surface area contributed by atoms with Crippen LogP contribution in [0.25, 0.3) is 0 Å². The summed E-state index contributed by atoms with van der Waals surface area (Å²) in [6.07, 6.45) is 0. The van der Waals surface area contributed by atoms with Gasteiger partial charge in [-0.2, -0.15) is 5.10 Å². The average molecular weight is 394 g/mol. The molecule has 1 rings (SSSR count). The van der Waals surface area contributed by atoms with Crippen molar-refractivity contribution < 1.29 is 28.7 Å². The van der Waals surface area contributed by atoms with Crippen molar-refractivity contribution in [3.8, 4) is 0 Å². The normalized spacial score (nSPS) is 11.7. The van der Waals surface area contributed by atoms with E-state index in [0.717, 1.165) is 19.8 Å². The average Bonchev–Trinajstić information content (AvgIpc) is 2.64. The molecule has 0 aliphatic carbocycles. The number of nitrogens with two attached hydrogens (primary N) is 1. The molecule has 4 N–H and O–H groups in total. The largest absolute Gasteiger partial charge is 0.468 e. The van der Waals surface area contributed by atoms with Gasteiger partial charge in [0.2, 0.25) is 5.78 Å². The SMILES string of the molecule is COC(=O)/C(=N/NC(N)=S)[C@@H](C(=O)OC)C(=O)C(=O)Nc1ccc(C)cc1. The minimum Gasteiger partial charge on any atom is -0.468 e. The molecule has 0 saturated carbocycles. The van der Waals surface area contributed by atoms with Gasteiger partial charge >= 0.3 is 11.9 Å². The van der Waals surface area contributed by atoms with Gasteiger partial charge in [0.05, 0.1) is 14.2 Å². The summed E-state index contributed by atoms with van der Waals surface area (Å²) in [5.41, 5.74) is 7.82. The van der Waals surface area contributed by atoms with Crippen LogP contribution >= 0.6 is 12.2 Å². The van der Waals surface area contributed by atoms with E-state index >= 15 is 0 Å². The van der Waals surface area contributed by atoms with Crippen molar-refractivity contribution in [1.29, 1.82) is 0 Å². The maximum Gasteiger partial charge on any atom is 0.355 e. The summed E-state index contributed by atoms with van der Waals surface area (Å²) in [7, 11) is 1.99. The highest BCUT2D eigenvalue weighted by atomic mass is 32.1. The molecule has 0 aliphatic rings. The fourth-order valence-corrected chi connectivity index (χ4v) is 1.91. The number of methoxy groups -OCH3 is 2. The van der Waals surface area contributed by atoms with E-state index in [2.05, 4.69) is 37.5 Å². The van der Waals surface area contributed by atoms with Gasteiger partial charge in [-0.05, 0) is 31.3 Å². The number of esters is 2. The van der Waals surface area contributed by atoms with Gasteiger partial charge in [0.15, 0.2) is 16.7 Å². The highest BCUT2D eigenvalue weighted by Crippen LogP contribution is 2.12. The smallest absolute Gasteiger partial charge is 0.355 e. The number of carbonyl (C=O) groups is 4. The van der Waals surface area contributed by atoms with Gasteiger partial charge in [0.25, 0.3) is 5.91 Å². The van der Waals surface area contributed by atoms with E-state index in [1.54, 1.807) is 24.3 Å². The summed E-state index contributed by atoms with van der Waals surface area (Å²) in [6.45, 7) is 1.85. The van der Waals surface area contributed by atoms with Crippen LogP contribution in [0.2, 0.25) is 0 Å². The molecular formula is C16H18N4O6S. The molecule has 1 amide bonds. The van der Waals surface area contributed by atoms with Crippen LogP contribution in [0.4, 0.5) is 5.69 Å². The van der Waals surface area contributed by atoms with E-state index in [1.807, 2.05) is 6.92 Å². The van der Waals surface area contributed by atoms with E-state index < -0.39 is 35.3 Å². The van der Waals surface area contributed by atoms with Crippen molar-refractivity contribution in [2.45, 2.75) is 6.92 Å². The Morgan fingerprint density at radius 3 is 2.19 bits per heavy atom. The van der Waals surface area contributed by atoms with Crippen molar-refractivity contribution in [2.75, 3.05) is 19.5 Å². The second-order valence-electron chi connectivity index (χ2n) is 5.11. The van der Waals surface area contributed by atoms with E-state index in [1.165, 1.54) is 0 Å². The molecule has 0 bridgehead atoms. The fraction of sp³-hybridized carbons (Fsp3) is 0.250. The van der Waals surface area contributed by atoms with Gasteiger partial charge < -0.3 is 20.5 Å². The van der Waals surface area contributed by atoms with Crippen LogP contribution in [-0.2, 0) is 28.7 Å². The first-order valence-corrected chi connectivity index (χ1v) is 7.83. The number of rotatable bonds is 7. The number of amides is 1. The summed E-state index contributed by atoms with van der Waals surface area (Å²) in [6, 6.07) is 6.56. The first-order chi connectivity index (χ1) is 12.7. The van der Waals surface area contributed by atoms with Crippen LogP contribution in [0.1, 0.15) is 5.56 Å². The lowest BCUT2D eigenvalue weighted by Crippen LogP contribution is -2.44. The van der Waals surface area contributed by atoms with Crippen molar-refractivity contribution in [3.63, 3.8) is 0 Å². The summed E-state index contributed by atoms with van der Waals surface area (Å²) < 4.78 is 9.01. The number of anilines is 1. The van der Waals surface area contributed by atoms with Crippen molar-refractivity contribution >= 4 is 52.4 Å². The third kappa shape index (κ3) is 6.15. The first-order valence-electron chi connectivity index (χ1n) is 7.42. The zero-order valence-corrected chi connectivity index (χ0v) is 15.6. The third-order valence-electron chi connectivity index (χ3n) is 3.19. The number of Topliss-reactive ketones (excluding diaryl/α,β-unsaturated/α-hetero) is 1. The molecule has 0 radical (unpaired) electrons. The van der Waals surface area contributed by atoms with Crippen LogP contribution in [-0.4, -0.2) is 48.7 Å². The van der Waals surface area contributed by atoms with E-state index in [-0.39, 0.29) is 5.11 Å². The lowest BCUT2D eigenvalue weighted by molar-refractivity contribution is -0.150. The van der Waals surface area contributed by atoms with Crippen LogP contribution in [0, 0.1) is 12.8 Å². The highest BCUT2D eigenvalue weighted by Gasteiger charge is 2.41. The predicted octanol–water partition coefficient (Wildman–Crippen LogP) is -0.346. The van der Waals surface area contributed by atoms with Gasteiger partial charge in [-0.1, -0.05) is 17.7 Å². The second-order valence-corrected chi connectivity index (χ2v) is 5.55. The third-order valence-corrected chi connectivity index (χ3v) is 3.28. The van der Waals surface area contributed by atoms with Gasteiger partial charge in [-0.15, -0.1) is 0 Å². The van der Waals surface area contributed by atoms with E-state index in [9.17, 15) is 19.2 Å². The van der Waals surface area contributed by atoms with Crippen molar-refractivity contribution in [1.82, 2.24) is 5.43 Å². The molecule has 0 unspecified atom stereocenters. The Balaban J connectivity index is 3.20. The fourth-order valence-electron chi connectivity index (χ4n) is 1.87. The molecule has 0 saturated heterocycles. The minimum atomic E-state index is -1.98. The number of aryl methyl sites for hydroxylation is 1. The molecule has 27 heavy (non-hydrogen) atoms. The molecular weight excluding hydrogens is 376 g/mol. The lowest BCUT2D eigenvalue weighted by Gasteiger charge is -2.14. The lowest BCUT2D eigenvalue weighted by atomic mass is 9.97. The topological polar surface area (TPSA) is 149 Å². The van der Waals surface area contributed by atoms with Crippen LogP contribution < -0.4 is 16.5 Å². The number of ether oxygens (including phenoxy) is 2. The number of nitrogens with one attached hydrogen (secondary N) is 2. The maximum absolute atomic E-state index is 12.5. The standard InChI is InChI=1S/C16H18N4O6S/c1-8-4-6-9(7-5-8)18-13(22)12(21)10(14(23)25-2)11(15(24)26-3)19-20-16(17)27/h4-7,10H,1-3H3,(H,18,22)(H3,17,20,27)/b19-11+/t10-/m1/s1. The minimum absolute atomic E-state index is 0.320. The summed E-state index contributed by atoms with van der Waals surface area (Å²) in [5, 5.41) is 5.50. The predicted molar refractivity (Wildman–Crippen MR) is 99.7 cm³/mol. The molecule has 0 spiro atoms. The molecule has 0 aromatic heterocycles. The van der Waals surface area contributed by atoms with E-state index in [4.69, 9.17) is 5.73 Å². The Hall–Kier alpha value is -3.34. The Morgan fingerprint density at radius 2 is 1.70 bits per heavy atom. The van der Waals surface area contributed by atoms with Gasteiger partial charge in [0.1, 0.15) is 0 Å². The number of nitrogens with zero attached hydrogens (tertiary/aromatic N) is 1. The van der Waals surface area contributed by atoms with Crippen molar-refractivity contribution in [3.05, 3.63) is 29.8 Å². The van der Waals surface area contributed by atoms with Gasteiger partial charge in [0, 0.05) is 5.69 Å². The van der Waals surface area contributed by atoms with Gasteiger partial charge in [-0.3, -0.25) is 19.8 Å². The van der Waals surface area contributed by atoms with E-state index in [0.29, 0.717) is 5.69 Å². The Morgan fingerprint density at radius 1 is 1.11 bits per heavy atom. The number of carbonyl (C=O) groups excluding carboxylic acids is 4. The quantitative estimate of drug-likeness (QED) is 0.141. The molecule has 1 aromatic carbocycles. The molecule has 0 heterocycles. The molecule has 0 aliphatic heterocycles. The highest BCUT2D eigenvalue weighted by molar-refractivity contribution is 7.80.